The zero-order valence-corrected chi connectivity index (χ0v) is 9.88. The summed E-state index contributed by atoms with van der Waals surface area (Å²) in [5.74, 6) is 0.933. The average Bonchev–Trinajstić information content (AvgIpc) is 2.84. The van der Waals surface area contributed by atoms with Crippen LogP contribution in [0.3, 0.4) is 0 Å². The van der Waals surface area contributed by atoms with Crippen molar-refractivity contribution in [3.05, 3.63) is 54.4 Å². The van der Waals surface area contributed by atoms with Gasteiger partial charge < -0.3 is 15.0 Å². The summed E-state index contributed by atoms with van der Waals surface area (Å²) in [4.78, 5) is 0. The van der Waals surface area contributed by atoms with E-state index < -0.39 is 0 Å². The molecule has 1 aromatic carbocycles. The SMILES string of the molecule is NCc1ccn(CCCOc2ccccc2)c1. The number of para-hydroxylation sites is 1. The van der Waals surface area contributed by atoms with E-state index in [4.69, 9.17) is 10.5 Å². The molecule has 2 N–H and O–H groups in total. The Hall–Kier alpha value is -1.74. The van der Waals surface area contributed by atoms with E-state index in [1.807, 2.05) is 30.3 Å². The molecule has 0 spiro atoms. The Kier molecular flexibility index (Phi) is 4.22. The topological polar surface area (TPSA) is 40.2 Å². The van der Waals surface area contributed by atoms with Crippen molar-refractivity contribution in [3.63, 3.8) is 0 Å². The van der Waals surface area contributed by atoms with Crippen LogP contribution in [0.4, 0.5) is 0 Å². The minimum atomic E-state index is 0.605. The van der Waals surface area contributed by atoms with Crippen LogP contribution in [0.15, 0.2) is 48.8 Å². The molecule has 0 fully saturated rings. The second kappa shape index (κ2) is 6.11. The molecule has 0 saturated heterocycles. The number of ether oxygens (including phenoxy) is 1. The van der Waals surface area contributed by atoms with Gasteiger partial charge in [0.05, 0.1) is 6.61 Å². The first-order valence-electron chi connectivity index (χ1n) is 5.91. The van der Waals surface area contributed by atoms with Crippen LogP contribution in [-0.2, 0) is 13.1 Å². The summed E-state index contributed by atoms with van der Waals surface area (Å²) in [5, 5.41) is 0. The van der Waals surface area contributed by atoms with Crippen LogP contribution in [0.5, 0.6) is 5.75 Å². The standard InChI is InChI=1S/C14H18N2O/c15-11-13-7-9-16(12-13)8-4-10-17-14-5-2-1-3-6-14/h1-3,5-7,9,12H,4,8,10-11,15H2. The third-order valence-electron chi connectivity index (χ3n) is 2.62. The van der Waals surface area contributed by atoms with Crippen molar-refractivity contribution in [1.82, 2.24) is 4.57 Å². The number of benzene rings is 1. The predicted octanol–water partition coefficient (Wildman–Crippen LogP) is 2.42. The van der Waals surface area contributed by atoms with Gasteiger partial charge in [-0.15, -0.1) is 0 Å². The molecule has 0 amide bonds. The number of aryl methyl sites for hydroxylation is 1. The van der Waals surface area contributed by atoms with E-state index in [2.05, 4.69) is 23.0 Å². The highest BCUT2D eigenvalue weighted by Crippen LogP contribution is 2.08. The Morgan fingerprint density at radius 1 is 1.12 bits per heavy atom. The molecular weight excluding hydrogens is 212 g/mol. The third kappa shape index (κ3) is 3.64. The number of rotatable bonds is 6. The first-order chi connectivity index (χ1) is 8.38. The Labute approximate surface area is 102 Å². The maximum Gasteiger partial charge on any atom is 0.119 e. The second-order valence-electron chi connectivity index (χ2n) is 3.98. The van der Waals surface area contributed by atoms with Crippen LogP contribution in [0, 0.1) is 0 Å². The van der Waals surface area contributed by atoms with Crippen molar-refractivity contribution in [2.75, 3.05) is 6.61 Å². The lowest BCUT2D eigenvalue weighted by atomic mass is 10.3. The first-order valence-corrected chi connectivity index (χ1v) is 5.91. The molecule has 0 unspecified atom stereocenters. The summed E-state index contributed by atoms with van der Waals surface area (Å²) >= 11 is 0. The van der Waals surface area contributed by atoms with E-state index in [9.17, 15) is 0 Å². The molecule has 2 aromatic rings. The van der Waals surface area contributed by atoms with Gasteiger partial charge in [0.2, 0.25) is 0 Å². The first kappa shape index (κ1) is 11.7. The number of hydrogen-bond acceptors (Lipinski definition) is 2. The van der Waals surface area contributed by atoms with Crippen molar-refractivity contribution in [2.45, 2.75) is 19.5 Å². The highest BCUT2D eigenvalue weighted by atomic mass is 16.5. The lowest BCUT2D eigenvalue weighted by Crippen LogP contribution is -2.03. The molecule has 3 nitrogen and oxygen atoms in total. The molecule has 0 aliphatic rings. The molecule has 1 heterocycles. The lowest BCUT2D eigenvalue weighted by molar-refractivity contribution is 0.302. The molecule has 0 radical (unpaired) electrons. The minimum absolute atomic E-state index is 0.605. The molecule has 17 heavy (non-hydrogen) atoms. The van der Waals surface area contributed by atoms with Crippen LogP contribution in [0.2, 0.25) is 0 Å². The molecule has 2 rings (SSSR count). The summed E-state index contributed by atoms with van der Waals surface area (Å²) in [6.45, 7) is 2.31. The minimum Gasteiger partial charge on any atom is -0.494 e. The van der Waals surface area contributed by atoms with Crippen LogP contribution >= 0.6 is 0 Å². The second-order valence-corrected chi connectivity index (χ2v) is 3.98. The third-order valence-corrected chi connectivity index (χ3v) is 2.62. The Balaban J connectivity index is 1.69. The molecule has 0 saturated carbocycles. The summed E-state index contributed by atoms with van der Waals surface area (Å²) in [6.07, 6.45) is 5.14. The zero-order chi connectivity index (χ0) is 11.9. The molecule has 0 aliphatic heterocycles. The van der Waals surface area contributed by atoms with Gasteiger partial charge in [-0.2, -0.15) is 0 Å². The van der Waals surface area contributed by atoms with Crippen LogP contribution in [-0.4, -0.2) is 11.2 Å². The Morgan fingerprint density at radius 3 is 2.65 bits per heavy atom. The molecule has 0 aliphatic carbocycles. The van der Waals surface area contributed by atoms with E-state index in [1.54, 1.807) is 0 Å². The van der Waals surface area contributed by atoms with Gasteiger partial charge in [-0.25, -0.2) is 0 Å². The lowest BCUT2D eigenvalue weighted by Gasteiger charge is -2.06. The van der Waals surface area contributed by atoms with Gasteiger partial charge >= 0.3 is 0 Å². The van der Waals surface area contributed by atoms with Crippen molar-refractivity contribution >= 4 is 0 Å². The van der Waals surface area contributed by atoms with E-state index in [0.29, 0.717) is 6.54 Å². The van der Waals surface area contributed by atoms with E-state index >= 15 is 0 Å². The predicted molar refractivity (Wildman–Crippen MR) is 68.9 cm³/mol. The van der Waals surface area contributed by atoms with Crippen LogP contribution in [0.25, 0.3) is 0 Å². The fourth-order valence-corrected chi connectivity index (χ4v) is 1.70. The summed E-state index contributed by atoms with van der Waals surface area (Å²) in [5.41, 5.74) is 6.73. The van der Waals surface area contributed by atoms with Crippen LogP contribution < -0.4 is 10.5 Å². The monoisotopic (exact) mass is 230 g/mol. The summed E-state index contributed by atoms with van der Waals surface area (Å²) < 4.78 is 7.77. The molecule has 0 atom stereocenters. The number of hydrogen-bond donors (Lipinski definition) is 1. The zero-order valence-electron chi connectivity index (χ0n) is 9.88. The van der Waals surface area contributed by atoms with Gasteiger partial charge in [-0.3, -0.25) is 0 Å². The number of nitrogens with zero attached hydrogens (tertiary/aromatic N) is 1. The fourth-order valence-electron chi connectivity index (χ4n) is 1.70. The van der Waals surface area contributed by atoms with Gasteiger partial charge in [0.1, 0.15) is 5.75 Å². The van der Waals surface area contributed by atoms with Gasteiger partial charge in [-0.05, 0) is 30.2 Å². The summed E-state index contributed by atoms with van der Waals surface area (Å²) in [6, 6.07) is 12.0. The van der Waals surface area contributed by atoms with E-state index in [0.717, 1.165) is 25.3 Å². The molecule has 3 heteroatoms. The average molecular weight is 230 g/mol. The van der Waals surface area contributed by atoms with E-state index in [-0.39, 0.29) is 0 Å². The largest absolute Gasteiger partial charge is 0.494 e. The fraction of sp³-hybridized carbons (Fsp3) is 0.286. The smallest absolute Gasteiger partial charge is 0.119 e. The van der Waals surface area contributed by atoms with Gasteiger partial charge in [0.25, 0.3) is 0 Å². The van der Waals surface area contributed by atoms with Gasteiger partial charge in [-0.1, -0.05) is 18.2 Å². The van der Waals surface area contributed by atoms with Crippen molar-refractivity contribution in [3.8, 4) is 5.75 Å². The maximum absolute atomic E-state index is 5.62. The number of aromatic nitrogens is 1. The normalized spacial score (nSPS) is 10.4. The molecule has 0 bridgehead atoms. The Morgan fingerprint density at radius 2 is 1.94 bits per heavy atom. The van der Waals surface area contributed by atoms with Crippen molar-refractivity contribution < 1.29 is 4.74 Å². The summed E-state index contributed by atoms with van der Waals surface area (Å²) in [7, 11) is 0. The highest BCUT2D eigenvalue weighted by Gasteiger charge is 1.95. The molecule has 1 aromatic heterocycles. The van der Waals surface area contributed by atoms with Crippen LogP contribution in [0.1, 0.15) is 12.0 Å². The maximum atomic E-state index is 5.62. The Bertz CT molecular complexity index is 436. The highest BCUT2D eigenvalue weighted by molar-refractivity contribution is 5.20. The molecular formula is C14H18N2O. The number of nitrogens with two attached hydrogens (primary N) is 1. The van der Waals surface area contributed by atoms with Gasteiger partial charge in [0, 0.05) is 25.5 Å². The van der Waals surface area contributed by atoms with Crippen molar-refractivity contribution in [1.29, 1.82) is 0 Å². The van der Waals surface area contributed by atoms with E-state index in [1.165, 1.54) is 5.56 Å². The molecule has 90 valence electrons. The quantitative estimate of drug-likeness (QED) is 0.774. The van der Waals surface area contributed by atoms with Crippen molar-refractivity contribution in [2.24, 2.45) is 5.73 Å². The van der Waals surface area contributed by atoms with Gasteiger partial charge in [0.15, 0.2) is 0 Å².